The summed E-state index contributed by atoms with van der Waals surface area (Å²) in [6.07, 6.45) is 0.513. The maximum Gasteiger partial charge on any atom is 0.324 e. The van der Waals surface area contributed by atoms with E-state index in [1.807, 2.05) is 123 Å². The molecule has 0 aromatic heterocycles. The zero-order valence-electron chi connectivity index (χ0n) is 37.8. The number of hydrogen-bond donors (Lipinski definition) is 3. The molecule has 2 heterocycles. The third-order valence-electron chi connectivity index (χ3n) is 14.6. The lowest BCUT2D eigenvalue weighted by atomic mass is 9.69. The highest BCUT2D eigenvalue weighted by Crippen LogP contribution is 2.49. The van der Waals surface area contributed by atoms with Crippen molar-refractivity contribution < 1.29 is 44.1 Å². The van der Waals surface area contributed by atoms with E-state index in [-0.39, 0.29) is 24.0 Å². The van der Waals surface area contributed by atoms with Gasteiger partial charge in [0.2, 0.25) is 0 Å². The van der Waals surface area contributed by atoms with E-state index in [0.29, 0.717) is 55.2 Å². The van der Waals surface area contributed by atoms with Crippen LogP contribution in [0.1, 0.15) is 172 Å². The number of ether oxygens (including phenoxy) is 3. The summed E-state index contributed by atoms with van der Waals surface area (Å²) in [7, 11) is 1.22. The molecular formula is C45H76N2O9. The Bertz CT molecular complexity index is 1500. The van der Waals surface area contributed by atoms with Crippen molar-refractivity contribution in [2.75, 3.05) is 7.11 Å². The van der Waals surface area contributed by atoms with Gasteiger partial charge in [-0.25, -0.2) is 0 Å². The fraction of sp³-hybridized carbons (Fsp3) is 0.800. The van der Waals surface area contributed by atoms with E-state index >= 15 is 9.59 Å². The minimum absolute atomic E-state index is 0.141. The Morgan fingerprint density at radius 2 is 1.07 bits per heavy atom. The van der Waals surface area contributed by atoms with Crippen LogP contribution in [0.25, 0.3) is 0 Å². The van der Waals surface area contributed by atoms with Gasteiger partial charge in [-0.15, -0.1) is 0 Å². The van der Waals surface area contributed by atoms with Crippen LogP contribution < -0.4 is 0 Å². The minimum atomic E-state index is -2.20. The summed E-state index contributed by atoms with van der Waals surface area (Å²) in [6, 6.07) is 3.61. The first kappa shape index (κ1) is 47.6. The molecule has 11 heteroatoms. The number of carbonyl (C=O) groups is 3. The van der Waals surface area contributed by atoms with Crippen molar-refractivity contribution in [3.63, 3.8) is 0 Å². The normalized spacial score (nSPS) is 33.1. The summed E-state index contributed by atoms with van der Waals surface area (Å²) in [5.41, 5.74) is -4.40. The van der Waals surface area contributed by atoms with Crippen LogP contribution >= 0.6 is 0 Å². The summed E-state index contributed by atoms with van der Waals surface area (Å²) in [4.78, 5) is 44.2. The van der Waals surface area contributed by atoms with E-state index in [1.165, 1.54) is 17.2 Å². The van der Waals surface area contributed by atoms with Gasteiger partial charge in [-0.2, -0.15) is 10.1 Å². The topological polar surface area (TPSA) is 146 Å². The van der Waals surface area contributed by atoms with E-state index in [9.17, 15) is 20.3 Å². The number of phenolic OH excluding ortho intramolecular Hbond substituents is 1. The SMILES string of the molecule is CCC1(C)CC(OC(=O)C(CC(=O)OC)(Cc2cc(C(C)(C)C)c(O)c(C(C)(C)C)c2)C(=O)OC2CC(C)(CC)N(O)C(C)(CC)C2C)C(C)C(C)(CC)N1O. The summed E-state index contributed by atoms with van der Waals surface area (Å²) in [6.45, 7) is 31.5. The van der Waals surface area contributed by atoms with Crippen molar-refractivity contribution in [1.82, 2.24) is 10.1 Å². The predicted octanol–water partition coefficient (Wildman–Crippen LogP) is 9.04. The van der Waals surface area contributed by atoms with E-state index in [1.54, 1.807) is 0 Å². The molecule has 0 bridgehead atoms. The number of hydroxylamine groups is 4. The summed E-state index contributed by atoms with van der Waals surface area (Å²) >= 11 is 0. The maximum absolute atomic E-state index is 15.3. The lowest BCUT2D eigenvalue weighted by molar-refractivity contribution is -0.292. The maximum atomic E-state index is 15.3. The Kier molecular flexibility index (Phi) is 14.0. The second kappa shape index (κ2) is 16.5. The fourth-order valence-corrected chi connectivity index (χ4v) is 9.17. The monoisotopic (exact) mass is 789 g/mol. The highest BCUT2D eigenvalue weighted by atomic mass is 16.6. The molecule has 0 saturated carbocycles. The molecule has 3 N–H and O–H groups in total. The number of esters is 3. The van der Waals surface area contributed by atoms with Gasteiger partial charge in [-0.3, -0.25) is 14.4 Å². The third kappa shape index (κ3) is 8.53. The van der Waals surface area contributed by atoms with Gasteiger partial charge in [0.25, 0.3) is 0 Å². The Balaban J connectivity index is 2.35. The molecule has 8 unspecified atom stereocenters. The first-order valence-electron chi connectivity index (χ1n) is 20.9. The molecule has 0 spiro atoms. The van der Waals surface area contributed by atoms with Gasteiger partial charge in [-0.05, 0) is 87.3 Å². The van der Waals surface area contributed by atoms with E-state index in [2.05, 4.69) is 0 Å². The van der Waals surface area contributed by atoms with Gasteiger partial charge in [0.15, 0.2) is 5.41 Å². The molecule has 320 valence electrons. The molecule has 3 rings (SSSR count). The number of piperidine rings is 2. The first-order chi connectivity index (χ1) is 25.5. The van der Waals surface area contributed by atoms with Gasteiger partial charge in [0.05, 0.1) is 13.5 Å². The highest BCUT2D eigenvalue weighted by molar-refractivity contribution is 6.03. The van der Waals surface area contributed by atoms with Crippen LogP contribution in [0.4, 0.5) is 0 Å². The van der Waals surface area contributed by atoms with Crippen LogP contribution in [0.3, 0.4) is 0 Å². The number of benzene rings is 1. The van der Waals surface area contributed by atoms with Crippen LogP contribution in [0.5, 0.6) is 5.75 Å². The van der Waals surface area contributed by atoms with Crippen molar-refractivity contribution >= 4 is 17.9 Å². The van der Waals surface area contributed by atoms with Gasteiger partial charge in [0, 0.05) is 46.8 Å². The first-order valence-corrected chi connectivity index (χ1v) is 20.9. The zero-order valence-corrected chi connectivity index (χ0v) is 37.8. The second-order valence-electron chi connectivity index (χ2n) is 20.2. The van der Waals surface area contributed by atoms with Gasteiger partial charge in [0.1, 0.15) is 18.0 Å². The van der Waals surface area contributed by atoms with Crippen LogP contribution in [0.2, 0.25) is 0 Å². The smallest absolute Gasteiger partial charge is 0.324 e. The molecule has 0 amide bonds. The number of carbonyl (C=O) groups excluding carboxylic acids is 3. The lowest BCUT2D eigenvalue weighted by Crippen LogP contribution is -2.67. The summed E-state index contributed by atoms with van der Waals surface area (Å²) < 4.78 is 18.3. The molecule has 1 aromatic rings. The number of methoxy groups -OCH3 is 1. The molecule has 2 fully saturated rings. The van der Waals surface area contributed by atoms with E-state index in [0.717, 1.165) is 0 Å². The van der Waals surface area contributed by atoms with Crippen molar-refractivity contribution in [2.45, 2.75) is 207 Å². The molecule has 2 aliphatic heterocycles. The zero-order chi connectivity index (χ0) is 43.2. The standard InChI is InChI=1S/C45H76N2O9/c1-18-41(13)25-33(28(5)43(15,20-3)46(41)52)55-37(50)45(27-35(48)54-17,24-30-22-31(39(7,8)9)36(49)32(23-30)40(10,11)12)38(51)56-34-26-42(14,19-2)47(53)44(16,21-4)29(34)6/h22-23,28-29,33-34,49,52-53H,18-21,24-27H2,1-17H3. The van der Waals surface area contributed by atoms with Crippen LogP contribution in [-0.4, -0.2) is 85.0 Å². The second-order valence-corrected chi connectivity index (χ2v) is 20.2. The number of hydrogen-bond acceptors (Lipinski definition) is 11. The number of rotatable bonds is 12. The highest BCUT2D eigenvalue weighted by Gasteiger charge is 2.59. The fourth-order valence-electron chi connectivity index (χ4n) is 9.17. The number of phenols is 1. The molecule has 0 aliphatic carbocycles. The van der Waals surface area contributed by atoms with Crippen molar-refractivity contribution in [1.29, 1.82) is 0 Å². The molecule has 0 radical (unpaired) electrons. The quantitative estimate of drug-likeness (QED) is 0.106. The van der Waals surface area contributed by atoms with Crippen LogP contribution in [-0.2, 0) is 45.8 Å². The Hall–Kier alpha value is -2.73. The lowest BCUT2D eigenvalue weighted by Gasteiger charge is -2.57. The molecule has 1 aromatic carbocycles. The van der Waals surface area contributed by atoms with Crippen molar-refractivity contribution in [2.24, 2.45) is 17.3 Å². The minimum Gasteiger partial charge on any atom is -0.507 e. The number of aromatic hydroxyl groups is 1. The largest absolute Gasteiger partial charge is 0.507 e. The van der Waals surface area contributed by atoms with Crippen LogP contribution in [0, 0.1) is 17.3 Å². The molecule has 2 aliphatic rings. The third-order valence-corrected chi connectivity index (χ3v) is 14.6. The molecule has 8 atom stereocenters. The average molecular weight is 789 g/mol. The van der Waals surface area contributed by atoms with Crippen molar-refractivity contribution in [3.05, 3.63) is 28.8 Å². The Morgan fingerprint density at radius 1 is 0.714 bits per heavy atom. The van der Waals surface area contributed by atoms with E-state index in [4.69, 9.17) is 14.2 Å². The van der Waals surface area contributed by atoms with Gasteiger partial charge in [-0.1, -0.05) is 95.2 Å². The van der Waals surface area contributed by atoms with Gasteiger partial charge < -0.3 is 29.7 Å². The van der Waals surface area contributed by atoms with E-state index < -0.39 is 74.9 Å². The Labute approximate surface area is 337 Å². The molecule has 56 heavy (non-hydrogen) atoms. The van der Waals surface area contributed by atoms with Crippen LogP contribution in [0.15, 0.2) is 12.1 Å². The molecule has 11 nitrogen and oxygen atoms in total. The molecular weight excluding hydrogens is 712 g/mol. The summed E-state index contributed by atoms with van der Waals surface area (Å²) in [5.74, 6) is -3.16. The summed E-state index contributed by atoms with van der Waals surface area (Å²) in [5, 5.41) is 37.5. The van der Waals surface area contributed by atoms with Crippen molar-refractivity contribution in [3.8, 4) is 5.75 Å². The van der Waals surface area contributed by atoms with Gasteiger partial charge >= 0.3 is 17.9 Å². The Morgan fingerprint density at radius 3 is 1.36 bits per heavy atom. The molecule has 2 saturated heterocycles. The average Bonchev–Trinajstić information content (AvgIpc) is 3.13. The predicted molar refractivity (Wildman–Crippen MR) is 218 cm³/mol. The number of nitrogens with zero attached hydrogens (tertiary/aromatic N) is 2.